The van der Waals surface area contributed by atoms with E-state index >= 15 is 0 Å². The SMILES string of the molecule is CCCCCCc1ccc(C2(c3ccc(CCCCCC)cc3)c3cc4c(cc3-c3sc5cc(C=C6C(=O)c7ccccc7C6=C(C#N)C#N)sc5c32)C(c2ccc(CCCCCC)cc2)(c2ccc(CCCCCC)cc2)c2c-4sc3cc(C=C4C(=O)c5ccccc5C4=C(C#N)C#N)sc23)cc1. The van der Waals surface area contributed by atoms with Crippen LogP contribution in [0.25, 0.3) is 63.0 Å². The van der Waals surface area contributed by atoms with E-state index in [4.69, 9.17) is 0 Å². The third-order valence-electron chi connectivity index (χ3n) is 22.2. The molecule has 11 aromatic rings. The van der Waals surface area contributed by atoms with Crippen LogP contribution in [0.3, 0.4) is 0 Å². The molecule has 514 valence electrons. The third-order valence-corrected chi connectivity index (χ3v) is 27.0. The summed E-state index contributed by atoms with van der Waals surface area (Å²) in [5.74, 6) is -0.389. The molecule has 4 aromatic heterocycles. The van der Waals surface area contributed by atoms with E-state index in [0.29, 0.717) is 44.5 Å². The van der Waals surface area contributed by atoms with Crippen LogP contribution >= 0.6 is 45.3 Å². The minimum Gasteiger partial charge on any atom is -0.289 e. The molecular weight excluding hydrogens is 1350 g/mol. The highest BCUT2D eigenvalue weighted by Crippen LogP contribution is 2.68. The molecule has 104 heavy (non-hydrogen) atoms. The second-order valence-corrected chi connectivity index (χ2v) is 32.9. The molecule has 0 unspecified atom stereocenters. The van der Waals surface area contributed by atoms with Crippen LogP contribution in [0.2, 0.25) is 0 Å². The van der Waals surface area contributed by atoms with Gasteiger partial charge in [0.05, 0.1) is 20.2 Å². The summed E-state index contributed by atoms with van der Waals surface area (Å²) in [5.41, 5.74) is 19.1. The number of thiophene rings is 4. The van der Waals surface area contributed by atoms with E-state index in [9.17, 15) is 30.6 Å². The fourth-order valence-corrected chi connectivity index (χ4v) is 22.6. The lowest BCUT2D eigenvalue weighted by atomic mass is 9.65. The summed E-state index contributed by atoms with van der Waals surface area (Å²) in [6.07, 6.45) is 26.7. The first-order valence-corrected chi connectivity index (χ1v) is 40.8. The predicted octanol–water partition coefficient (Wildman–Crippen LogP) is 25.6. The number of ketones is 2. The fourth-order valence-electron chi connectivity index (χ4n) is 17.1. The van der Waals surface area contributed by atoms with Gasteiger partial charge >= 0.3 is 0 Å². The Hall–Kier alpha value is -9.88. The Morgan fingerprint density at radius 3 is 0.942 bits per heavy atom. The Morgan fingerprint density at radius 1 is 0.356 bits per heavy atom. The molecule has 0 radical (unpaired) electrons. The molecule has 0 saturated carbocycles. The number of allylic oxidation sites excluding steroid dienone is 6. The van der Waals surface area contributed by atoms with E-state index in [0.717, 1.165) is 79.9 Å². The molecule has 0 saturated heterocycles. The summed E-state index contributed by atoms with van der Waals surface area (Å²) in [4.78, 5) is 33.5. The molecule has 0 atom stereocenters. The van der Waals surface area contributed by atoms with Gasteiger partial charge in [-0.2, -0.15) is 21.0 Å². The first-order valence-electron chi connectivity index (χ1n) is 37.6. The number of aryl methyl sites for hydroxylation is 4. The molecular formula is C94H82N4O2S4. The molecule has 10 heteroatoms. The summed E-state index contributed by atoms with van der Waals surface area (Å²) in [7, 11) is 0. The average molecular weight is 1430 g/mol. The first kappa shape index (κ1) is 69.8. The second kappa shape index (κ2) is 30.1. The summed E-state index contributed by atoms with van der Waals surface area (Å²) in [5, 5.41) is 41.8. The Labute approximate surface area is 628 Å². The van der Waals surface area contributed by atoms with Crippen LogP contribution in [-0.2, 0) is 36.5 Å². The summed E-state index contributed by atoms with van der Waals surface area (Å²) in [6, 6.07) is 71.2. The van der Waals surface area contributed by atoms with Crippen molar-refractivity contribution < 1.29 is 9.59 Å². The molecule has 0 fully saturated rings. The molecule has 15 rings (SSSR count). The van der Waals surface area contributed by atoms with Crippen LogP contribution in [0.15, 0.2) is 192 Å². The number of carbonyl (C=O) groups excluding carboxylic acids is 2. The van der Waals surface area contributed by atoms with Crippen molar-refractivity contribution in [2.24, 2.45) is 0 Å². The second-order valence-electron chi connectivity index (χ2n) is 28.6. The molecule has 0 amide bonds. The maximum atomic E-state index is 14.6. The van der Waals surface area contributed by atoms with Gasteiger partial charge in [-0.25, -0.2) is 0 Å². The number of fused-ring (bicyclic) bond motifs is 12. The van der Waals surface area contributed by atoms with E-state index in [1.54, 1.807) is 34.8 Å². The van der Waals surface area contributed by atoms with Crippen LogP contribution in [0.4, 0.5) is 0 Å². The number of carbonyl (C=O) groups is 2. The molecule has 0 spiro atoms. The van der Waals surface area contributed by atoms with E-state index in [1.165, 1.54) is 165 Å². The van der Waals surface area contributed by atoms with Crippen molar-refractivity contribution in [3.63, 3.8) is 0 Å². The quantitative estimate of drug-likeness (QED) is 0.0302. The van der Waals surface area contributed by atoms with E-state index in [2.05, 4.69) is 173 Å². The number of benzene rings is 7. The van der Waals surface area contributed by atoms with Gasteiger partial charge in [0.2, 0.25) is 0 Å². The summed E-state index contributed by atoms with van der Waals surface area (Å²) >= 11 is 7.01. The molecule has 6 nitrogen and oxygen atoms in total. The molecule has 0 bridgehead atoms. The largest absolute Gasteiger partial charge is 0.289 e. The molecule has 0 N–H and O–H groups in total. The molecule has 0 aliphatic heterocycles. The van der Waals surface area contributed by atoms with Gasteiger partial charge < -0.3 is 0 Å². The third kappa shape index (κ3) is 12.0. The standard InChI is InChI=1S/C94H82N4O2S4/c1-5-9-13-17-25-59-33-41-65(42-34-59)93(66-43-35-60(36-44-66)26-18-14-10-6-2)79-53-76-80(54-75(79)89-85(93)91-81(103-89)51-69(101-91)49-77-83(63(55-95)56-96)71-29-21-23-31-73(71)87(77)99)94(67-45-37-61(38-46-67)27-19-15-11-7-3,68-47-39-62(40-48-68)28-20-16-12-8-4)86-90(76)104-82-52-70(102-92(82)86)50-78-84(64(57-97)58-98)72-30-22-24-32-74(72)88(78)100/h21-24,29-54H,5-20,25-28H2,1-4H3. The number of rotatable bonds is 26. The summed E-state index contributed by atoms with van der Waals surface area (Å²) < 4.78 is 4.49. The van der Waals surface area contributed by atoms with Crippen molar-refractivity contribution in [2.45, 2.75) is 167 Å². The van der Waals surface area contributed by atoms with Crippen molar-refractivity contribution >= 4 is 99.0 Å². The van der Waals surface area contributed by atoms with Crippen LogP contribution < -0.4 is 0 Å². The van der Waals surface area contributed by atoms with Crippen LogP contribution in [0.1, 0.15) is 239 Å². The van der Waals surface area contributed by atoms with Gasteiger partial charge in [-0.15, -0.1) is 45.3 Å². The summed E-state index contributed by atoms with van der Waals surface area (Å²) in [6.45, 7) is 9.07. The van der Waals surface area contributed by atoms with Gasteiger partial charge in [-0.3, -0.25) is 9.59 Å². The minimum absolute atomic E-state index is 0.0803. The highest BCUT2D eigenvalue weighted by molar-refractivity contribution is 7.31. The topological polar surface area (TPSA) is 129 Å². The van der Waals surface area contributed by atoms with Gasteiger partial charge in [0.1, 0.15) is 35.4 Å². The van der Waals surface area contributed by atoms with Crippen molar-refractivity contribution in [3.05, 3.63) is 291 Å². The fraction of sp³-hybridized carbons (Fsp3) is 0.277. The lowest BCUT2D eigenvalue weighted by Gasteiger charge is -2.36. The predicted molar refractivity (Wildman–Crippen MR) is 433 cm³/mol. The maximum Gasteiger partial charge on any atom is 0.194 e. The van der Waals surface area contributed by atoms with Crippen LogP contribution in [-0.4, -0.2) is 11.6 Å². The Morgan fingerprint density at radius 2 is 0.654 bits per heavy atom. The lowest BCUT2D eigenvalue weighted by molar-refractivity contribution is 0.103. The van der Waals surface area contributed by atoms with Crippen LogP contribution in [0.5, 0.6) is 0 Å². The van der Waals surface area contributed by atoms with E-state index in [1.807, 2.05) is 71.2 Å². The van der Waals surface area contributed by atoms with Crippen molar-refractivity contribution in [3.8, 4) is 45.2 Å². The normalized spacial score (nSPS) is 14.9. The number of nitriles is 4. The van der Waals surface area contributed by atoms with E-state index < -0.39 is 10.8 Å². The van der Waals surface area contributed by atoms with Crippen LogP contribution in [0, 0.1) is 45.3 Å². The zero-order valence-corrected chi connectivity index (χ0v) is 63.0. The van der Waals surface area contributed by atoms with Crippen molar-refractivity contribution in [2.75, 3.05) is 0 Å². The highest BCUT2D eigenvalue weighted by atomic mass is 32.1. The number of Topliss-reactive ketones (excluding diaryl/α,β-unsaturated/α-hetero) is 2. The van der Waals surface area contributed by atoms with Gasteiger partial charge in [-0.05, 0) is 166 Å². The Kier molecular flexibility index (Phi) is 20.2. The van der Waals surface area contributed by atoms with Gasteiger partial charge in [0.15, 0.2) is 11.6 Å². The molecule has 4 aliphatic carbocycles. The van der Waals surface area contributed by atoms with Gasteiger partial charge in [0, 0.05) is 73.5 Å². The zero-order chi connectivity index (χ0) is 71.6. The highest BCUT2D eigenvalue weighted by Gasteiger charge is 2.55. The first-order chi connectivity index (χ1) is 51.1. The Bertz CT molecular complexity index is 5030. The smallest absolute Gasteiger partial charge is 0.194 e. The molecule has 7 aromatic carbocycles. The zero-order valence-electron chi connectivity index (χ0n) is 59.7. The molecule has 4 heterocycles. The average Bonchev–Trinajstić information content (AvgIpc) is 1.49. The number of hydrogen-bond donors (Lipinski definition) is 0. The number of nitrogens with zero attached hydrogens (tertiary/aromatic N) is 4. The van der Waals surface area contributed by atoms with Gasteiger partial charge in [-0.1, -0.05) is 250 Å². The van der Waals surface area contributed by atoms with Crippen molar-refractivity contribution in [1.29, 1.82) is 21.0 Å². The minimum atomic E-state index is -0.839. The van der Waals surface area contributed by atoms with E-state index in [-0.39, 0.29) is 22.7 Å². The lowest BCUT2D eigenvalue weighted by Crippen LogP contribution is -2.30. The maximum absolute atomic E-state index is 14.6. The number of unbranched alkanes of at least 4 members (excludes halogenated alkanes) is 12. The van der Waals surface area contributed by atoms with Gasteiger partial charge in [0.25, 0.3) is 0 Å². The molecule has 4 aliphatic rings. The Balaban J connectivity index is 1.01. The monoisotopic (exact) mass is 1430 g/mol. The van der Waals surface area contributed by atoms with Crippen molar-refractivity contribution in [1.82, 2.24) is 0 Å². The number of hydrogen-bond acceptors (Lipinski definition) is 10.